The van der Waals surface area contributed by atoms with Crippen molar-refractivity contribution in [3.05, 3.63) is 42.2 Å². The lowest BCUT2D eigenvalue weighted by Crippen LogP contribution is -2.29. The van der Waals surface area contributed by atoms with Gasteiger partial charge in [0.15, 0.2) is 0 Å². The summed E-state index contributed by atoms with van der Waals surface area (Å²) >= 11 is 0. The molecule has 13 heavy (non-hydrogen) atoms. The Kier molecular flexibility index (Phi) is 1.75. The van der Waals surface area contributed by atoms with Crippen molar-refractivity contribution in [1.29, 1.82) is 0 Å². The lowest BCUT2D eigenvalue weighted by atomic mass is 10.2. The van der Waals surface area contributed by atoms with Gasteiger partial charge in [0.05, 0.1) is 11.1 Å². The minimum absolute atomic E-state index is 0.270. The van der Waals surface area contributed by atoms with Crippen molar-refractivity contribution in [2.24, 2.45) is 5.84 Å². The van der Waals surface area contributed by atoms with Gasteiger partial charge in [-0.1, -0.05) is 6.07 Å². The molecule has 0 fully saturated rings. The van der Waals surface area contributed by atoms with Crippen LogP contribution in [0.5, 0.6) is 0 Å². The van der Waals surface area contributed by atoms with E-state index < -0.39 is 0 Å². The highest BCUT2D eigenvalue weighted by atomic mass is 16.2. The van der Waals surface area contributed by atoms with Crippen LogP contribution in [0.1, 0.15) is 10.4 Å². The van der Waals surface area contributed by atoms with Crippen LogP contribution in [0.25, 0.3) is 5.52 Å². The van der Waals surface area contributed by atoms with Crippen molar-refractivity contribution in [1.82, 2.24) is 9.83 Å². The van der Waals surface area contributed by atoms with Gasteiger partial charge in [0.1, 0.15) is 0 Å². The molecular weight excluding hydrogens is 166 g/mol. The third-order valence-corrected chi connectivity index (χ3v) is 1.94. The number of pyridine rings is 1. The van der Waals surface area contributed by atoms with Crippen LogP contribution in [0.3, 0.4) is 0 Å². The number of hydrogen-bond acceptors (Lipinski definition) is 2. The predicted octanol–water partition coefficient (Wildman–Crippen LogP) is 0.543. The van der Waals surface area contributed by atoms with E-state index >= 15 is 0 Å². The first kappa shape index (κ1) is 7.82. The molecule has 2 aromatic rings. The molecule has 0 atom stereocenters. The lowest BCUT2D eigenvalue weighted by molar-refractivity contribution is 0.0955. The largest absolute Gasteiger partial charge is 0.323 e. The summed E-state index contributed by atoms with van der Waals surface area (Å²) in [6.07, 6.45) is 3.70. The molecule has 0 unspecified atom stereocenters. The zero-order valence-electron chi connectivity index (χ0n) is 6.90. The smallest absolute Gasteiger partial charge is 0.267 e. The van der Waals surface area contributed by atoms with E-state index in [0.29, 0.717) is 5.56 Å². The van der Waals surface area contributed by atoms with Gasteiger partial charge < -0.3 is 4.40 Å². The predicted molar refractivity (Wildman–Crippen MR) is 49.1 cm³/mol. The molecule has 2 aromatic heterocycles. The van der Waals surface area contributed by atoms with E-state index in [2.05, 4.69) is 5.43 Å². The Morgan fingerprint density at radius 2 is 2.15 bits per heavy atom. The summed E-state index contributed by atoms with van der Waals surface area (Å²) in [6, 6.07) is 7.38. The minimum atomic E-state index is -0.270. The molecule has 2 heterocycles. The van der Waals surface area contributed by atoms with E-state index in [0.717, 1.165) is 5.52 Å². The molecule has 4 heteroatoms. The fraction of sp³-hybridized carbons (Fsp3) is 0. The minimum Gasteiger partial charge on any atom is -0.323 e. The summed E-state index contributed by atoms with van der Waals surface area (Å²) < 4.78 is 1.87. The number of hydrogen-bond donors (Lipinski definition) is 2. The van der Waals surface area contributed by atoms with Gasteiger partial charge >= 0.3 is 0 Å². The zero-order chi connectivity index (χ0) is 9.26. The molecule has 0 aliphatic heterocycles. The lowest BCUT2D eigenvalue weighted by Gasteiger charge is -1.97. The zero-order valence-corrected chi connectivity index (χ0v) is 6.90. The van der Waals surface area contributed by atoms with Crippen molar-refractivity contribution in [2.45, 2.75) is 0 Å². The van der Waals surface area contributed by atoms with Crippen molar-refractivity contribution < 1.29 is 4.79 Å². The summed E-state index contributed by atoms with van der Waals surface area (Å²) in [5.41, 5.74) is 3.55. The summed E-state index contributed by atoms with van der Waals surface area (Å²) in [7, 11) is 0. The molecule has 0 saturated heterocycles. The highest BCUT2D eigenvalue weighted by Crippen LogP contribution is 2.11. The number of nitrogens with one attached hydrogen (secondary N) is 1. The maximum Gasteiger partial charge on any atom is 0.267 e. The number of rotatable bonds is 1. The number of hydrazine groups is 1. The van der Waals surface area contributed by atoms with Crippen molar-refractivity contribution in [3.8, 4) is 0 Å². The van der Waals surface area contributed by atoms with Gasteiger partial charge in [-0.15, -0.1) is 0 Å². The van der Waals surface area contributed by atoms with Gasteiger partial charge in [0, 0.05) is 12.4 Å². The number of carbonyl (C=O) groups is 1. The summed E-state index contributed by atoms with van der Waals surface area (Å²) in [5, 5.41) is 0. The third-order valence-electron chi connectivity index (χ3n) is 1.94. The SMILES string of the molecule is NNC(=O)c1ccn2ccccc12. The molecule has 1 amide bonds. The Bertz CT molecular complexity index is 447. The number of carbonyl (C=O) groups excluding carboxylic acids is 1. The van der Waals surface area contributed by atoms with Crippen LogP contribution in [0.2, 0.25) is 0 Å². The third kappa shape index (κ3) is 1.17. The van der Waals surface area contributed by atoms with Crippen LogP contribution in [0.4, 0.5) is 0 Å². The molecule has 4 nitrogen and oxygen atoms in total. The van der Waals surface area contributed by atoms with Gasteiger partial charge in [-0.25, -0.2) is 5.84 Å². The fourth-order valence-electron chi connectivity index (χ4n) is 1.32. The van der Waals surface area contributed by atoms with Gasteiger partial charge in [-0.05, 0) is 18.2 Å². The highest BCUT2D eigenvalue weighted by Gasteiger charge is 2.08. The molecule has 66 valence electrons. The van der Waals surface area contributed by atoms with Gasteiger partial charge in [-0.3, -0.25) is 10.2 Å². The second kappa shape index (κ2) is 2.91. The van der Waals surface area contributed by atoms with E-state index in [-0.39, 0.29) is 5.91 Å². The number of nitrogens with zero attached hydrogens (tertiary/aromatic N) is 1. The number of nitrogens with two attached hydrogens (primary N) is 1. The molecule has 0 aliphatic rings. The van der Waals surface area contributed by atoms with Crippen LogP contribution in [-0.2, 0) is 0 Å². The fourth-order valence-corrected chi connectivity index (χ4v) is 1.32. The molecule has 0 radical (unpaired) electrons. The maximum atomic E-state index is 11.2. The Morgan fingerprint density at radius 1 is 1.31 bits per heavy atom. The molecule has 3 N–H and O–H groups in total. The summed E-state index contributed by atoms with van der Waals surface area (Å²) in [6.45, 7) is 0. The van der Waals surface area contributed by atoms with E-state index in [9.17, 15) is 4.79 Å². The van der Waals surface area contributed by atoms with Crippen molar-refractivity contribution in [2.75, 3.05) is 0 Å². The Hall–Kier alpha value is -1.81. The standard InChI is InChI=1S/C9H9N3O/c10-11-9(13)7-4-6-12-5-2-1-3-8(7)12/h1-6H,10H2,(H,11,13). The van der Waals surface area contributed by atoms with Crippen LogP contribution in [-0.4, -0.2) is 10.3 Å². The first-order chi connectivity index (χ1) is 6.33. The number of nitrogen functional groups attached to an aromatic ring is 1. The van der Waals surface area contributed by atoms with Crippen LogP contribution in [0.15, 0.2) is 36.7 Å². The monoisotopic (exact) mass is 175 g/mol. The molecule has 0 aromatic carbocycles. The van der Waals surface area contributed by atoms with Crippen LogP contribution < -0.4 is 11.3 Å². The molecule has 0 spiro atoms. The van der Waals surface area contributed by atoms with E-state index in [4.69, 9.17) is 5.84 Å². The van der Waals surface area contributed by atoms with Crippen molar-refractivity contribution >= 4 is 11.4 Å². The Morgan fingerprint density at radius 3 is 2.92 bits per heavy atom. The van der Waals surface area contributed by atoms with Crippen LogP contribution >= 0.6 is 0 Å². The average molecular weight is 175 g/mol. The Balaban J connectivity index is 2.64. The average Bonchev–Trinajstić information content (AvgIpc) is 2.60. The Labute approximate surface area is 74.9 Å². The normalized spacial score (nSPS) is 10.2. The van der Waals surface area contributed by atoms with Crippen molar-refractivity contribution in [3.63, 3.8) is 0 Å². The molecule has 2 rings (SSSR count). The molecule has 0 bridgehead atoms. The topological polar surface area (TPSA) is 59.5 Å². The highest BCUT2D eigenvalue weighted by molar-refractivity contribution is 6.00. The molecule has 0 aliphatic carbocycles. The van der Waals surface area contributed by atoms with Gasteiger partial charge in [0.25, 0.3) is 5.91 Å². The van der Waals surface area contributed by atoms with E-state index in [1.165, 1.54) is 0 Å². The second-order valence-corrected chi connectivity index (χ2v) is 2.70. The van der Waals surface area contributed by atoms with Gasteiger partial charge in [-0.2, -0.15) is 0 Å². The number of amides is 1. The van der Waals surface area contributed by atoms with E-state index in [1.807, 2.05) is 35.0 Å². The quantitative estimate of drug-likeness (QED) is 0.377. The molecular formula is C9H9N3O. The van der Waals surface area contributed by atoms with Crippen LogP contribution in [0, 0.1) is 0 Å². The first-order valence-electron chi connectivity index (χ1n) is 3.89. The first-order valence-corrected chi connectivity index (χ1v) is 3.89. The molecule has 0 saturated carbocycles. The summed E-state index contributed by atoms with van der Waals surface area (Å²) in [4.78, 5) is 11.2. The van der Waals surface area contributed by atoms with E-state index in [1.54, 1.807) is 6.07 Å². The maximum absolute atomic E-state index is 11.2. The summed E-state index contributed by atoms with van der Waals surface area (Å²) in [5.74, 6) is 4.78. The van der Waals surface area contributed by atoms with Gasteiger partial charge in [0.2, 0.25) is 0 Å². The second-order valence-electron chi connectivity index (χ2n) is 2.70. The number of fused-ring (bicyclic) bond motifs is 1. The number of aromatic nitrogens is 1.